The summed E-state index contributed by atoms with van der Waals surface area (Å²) in [7, 11) is 0. The average Bonchev–Trinajstić information content (AvgIpc) is 2.39. The quantitative estimate of drug-likeness (QED) is 0.843. The fourth-order valence-corrected chi connectivity index (χ4v) is 3.00. The fourth-order valence-electron chi connectivity index (χ4n) is 2.60. The van der Waals surface area contributed by atoms with Crippen LogP contribution >= 0.6 is 15.9 Å². The number of aliphatic hydroxyl groups excluding tert-OH is 1. The molecule has 0 saturated heterocycles. The highest BCUT2D eigenvalue weighted by Gasteiger charge is 2.20. The summed E-state index contributed by atoms with van der Waals surface area (Å²) in [5.74, 6) is 0.325. The molecule has 2 aromatic rings. The van der Waals surface area contributed by atoms with E-state index in [4.69, 9.17) is 0 Å². The summed E-state index contributed by atoms with van der Waals surface area (Å²) in [5, 5.41) is 10.5. The Balaban J connectivity index is 1.89. The highest BCUT2D eigenvalue weighted by atomic mass is 79.9. The molecule has 1 N–H and O–H groups in total. The molecule has 3 rings (SSSR count). The van der Waals surface area contributed by atoms with Crippen LogP contribution in [0.4, 0.5) is 4.39 Å². The minimum atomic E-state index is -0.716. The second-order valence-corrected chi connectivity index (χ2v) is 6.23. The van der Waals surface area contributed by atoms with Crippen molar-refractivity contribution >= 4 is 15.9 Å². The molecule has 0 radical (unpaired) electrons. The zero-order valence-corrected chi connectivity index (χ0v) is 12.6. The van der Waals surface area contributed by atoms with Gasteiger partial charge in [0.15, 0.2) is 0 Å². The van der Waals surface area contributed by atoms with Crippen LogP contribution in [0.1, 0.15) is 48.0 Å². The molecule has 1 fully saturated rings. The van der Waals surface area contributed by atoms with Gasteiger partial charge in [-0.15, -0.1) is 0 Å². The van der Waals surface area contributed by atoms with E-state index in [9.17, 15) is 9.50 Å². The first-order valence-corrected chi connectivity index (χ1v) is 7.67. The first-order chi connectivity index (χ1) is 9.65. The summed E-state index contributed by atoms with van der Waals surface area (Å²) in [4.78, 5) is 0. The van der Waals surface area contributed by atoms with Crippen LogP contribution in [0.3, 0.4) is 0 Å². The Kier molecular flexibility index (Phi) is 3.90. The van der Waals surface area contributed by atoms with Crippen molar-refractivity contribution in [2.75, 3.05) is 0 Å². The van der Waals surface area contributed by atoms with Gasteiger partial charge in [0.1, 0.15) is 11.9 Å². The van der Waals surface area contributed by atoms with Gasteiger partial charge in [-0.25, -0.2) is 4.39 Å². The number of halogens is 2. The van der Waals surface area contributed by atoms with Crippen molar-refractivity contribution in [1.82, 2.24) is 0 Å². The number of benzene rings is 2. The molecule has 2 aromatic carbocycles. The minimum Gasteiger partial charge on any atom is -0.384 e. The van der Waals surface area contributed by atoms with Crippen molar-refractivity contribution in [3.05, 3.63) is 69.4 Å². The Labute approximate surface area is 126 Å². The van der Waals surface area contributed by atoms with E-state index in [1.165, 1.54) is 30.9 Å². The molecule has 0 spiro atoms. The first-order valence-electron chi connectivity index (χ1n) is 6.88. The predicted molar refractivity (Wildman–Crippen MR) is 81.2 cm³/mol. The predicted octanol–water partition coefficient (Wildman–Crippen LogP) is 4.94. The van der Waals surface area contributed by atoms with E-state index < -0.39 is 6.10 Å². The van der Waals surface area contributed by atoms with E-state index in [2.05, 4.69) is 28.1 Å². The third-order valence-corrected chi connectivity index (χ3v) is 4.67. The highest BCUT2D eigenvalue weighted by Crippen LogP contribution is 2.37. The lowest BCUT2D eigenvalue weighted by Gasteiger charge is -2.26. The lowest BCUT2D eigenvalue weighted by molar-refractivity contribution is 0.220. The summed E-state index contributed by atoms with van der Waals surface area (Å²) in [5.41, 5.74) is 2.87. The molecule has 3 heteroatoms. The van der Waals surface area contributed by atoms with Crippen molar-refractivity contribution in [2.45, 2.75) is 31.3 Å². The molecular formula is C17H16BrFO. The van der Waals surface area contributed by atoms with Gasteiger partial charge in [0.2, 0.25) is 0 Å². The lowest BCUT2D eigenvalue weighted by Crippen LogP contribution is -2.09. The summed E-state index contributed by atoms with van der Waals surface area (Å²) in [6, 6.07) is 12.7. The van der Waals surface area contributed by atoms with Gasteiger partial charge in [0.25, 0.3) is 0 Å². The summed E-state index contributed by atoms with van der Waals surface area (Å²) >= 11 is 3.16. The molecule has 0 amide bonds. The van der Waals surface area contributed by atoms with Crippen molar-refractivity contribution in [2.24, 2.45) is 0 Å². The largest absolute Gasteiger partial charge is 0.384 e. The Hall–Kier alpha value is -1.19. The summed E-state index contributed by atoms with van der Waals surface area (Å²) in [6.45, 7) is 0. The van der Waals surface area contributed by atoms with E-state index in [1.807, 2.05) is 12.1 Å². The van der Waals surface area contributed by atoms with Crippen LogP contribution in [0.2, 0.25) is 0 Å². The topological polar surface area (TPSA) is 20.2 Å². The highest BCUT2D eigenvalue weighted by molar-refractivity contribution is 9.10. The monoisotopic (exact) mass is 334 g/mol. The molecule has 0 bridgehead atoms. The maximum Gasteiger partial charge on any atom is 0.137 e. The second-order valence-electron chi connectivity index (χ2n) is 5.37. The van der Waals surface area contributed by atoms with Crippen LogP contribution in [0.15, 0.2) is 46.9 Å². The molecule has 1 aliphatic carbocycles. The molecule has 104 valence electrons. The molecule has 1 saturated carbocycles. The Morgan fingerprint density at radius 3 is 2.50 bits per heavy atom. The molecule has 1 aliphatic rings. The number of rotatable bonds is 3. The van der Waals surface area contributed by atoms with Gasteiger partial charge in [0, 0.05) is 0 Å². The molecular weight excluding hydrogens is 319 g/mol. The number of aliphatic hydroxyl groups is 1. The average molecular weight is 335 g/mol. The Morgan fingerprint density at radius 2 is 1.85 bits per heavy atom. The van der Waals surface area contributed by atoms with Crippen molar-refractivity contribution in [3.8, 4) is 0 Å². The normalized spacial score (nSPS) is 16.8. The van der Waals surface area contributed by atoms with Crippen molar-refractivity contribution in [1.29, 1.82) is 0 Å². The fraction of sp³-hybridized carbons (Fsp3) is 0.294. The smallest absolute Gasteiger partial charge is 0.137 e. The van der Waals surface area contributed by atoms with Crippen LogP contribution < -0.4 is 0 Å². The van der Waals surface area contributed by atoms with E-state index in [1.54, 1.807) is 12.1 Å². The molecule has 1 nitrogen and oxygen atoms in total. The molecule has 1 atom stereocenters. The minimum absolute atomic E-state index is 0.316. The van der Waals surface area contributed by atoms with E-state index >= 15 is 0 Å². The van der Waals surface area contributed by atoms with Gasteiger partial charge < -0.3 is 5.11 Å². The summed E-state index contributed by atoms with van der Waals surface area (Å²) < 4.78 is 13.6. The van der Waals surface area contributed by atoms with Crippen LogP contribution in [-0.4, -0.2) is 5.11 Å². The van der Waals surface area contributed by atoms with Gasteiger partial charge in [-0.3, -0.25) is 0 Å². The van der Waals surface area contributed by atoms with Gasteiger partial charge in [-0.1, -0.05) is 36.8 Å². The lowest BCUT2D eigenvalue weighted by atomic mass is 9.79. The van der Waals surface area contributed by atoms with Crippen molar-refractivity contribution < 1.29 is 9.50 Å². The third kappa shape index (κ3) is 2.65. The molecule has 1 unspecified atom stereocenters. The second kappa shape index (κ2) is 5.66. The maximum absolute atomic E-state index is 13.3. The number of hydrogen-bond donors (Lipinski definition) is 1. The zero-order chi connectivity index (χ0) is 14.1. The van der Waals surface area contributed by atoms with Crippen LogP contribution in [-0.2, 0) is 0 Å². The SMILES string of the molecule is OC(c1cccc(C2CCC2)c1)c1ccc(F)c(Br)c1. The molecule has 20 heavy (non-hydrogen) atoms. The van der Waals surface area contributed by atoms with Gasteiger partial charge in [-0.2, -0.15) is 0 Å². The zero-order valence-electron chi connectivity index (χ0n) is 11.0. The van der Waals surface area contributed by atoms with E-state index in [0.29, 0.717) is 16.0 Å². The van der Waals surface area contributed by atoms with Gasteiger partial charge in [0.05, 0.1) is 4.47 Å². The summed E-state index contributed by atoms with van der Waals surface area (Å²) in [6.07, 6.45) is 3.05. The van der Waals surface area contributed by atoms with Crippen LogP contribution in [0.25, 0.3) is 0 Å². The van der Waals surface area contributed by atoms with Crippen molar-refractivity contribution in [3.63, 3.8) is 0 Å². The van der Waals surface area contributed by atoms with Crippen LogP contribution in [0.5, 0.6) is 0 Å². The number of hydrogen-bond acceptors (Lipinski definition) is 1. The molecule has 0 aliphatic heterocycles. The third-order valence-electron chi connectivity index (χ3n) is 4.06. The van der Waals surface area contributed by atoms with E-state index in [-0.39, 0.29) is 5.82 Å². The Morgan fingerprint density at radius 1 is 1.10 bits per heavy atom. The standard InChI is InChI=1S/C17H16BrFO/c18-15-10-14(7-8-16(15)19)17(20)13-6-2-5-12(9-13)11-3-1-4-11/h2,5-11,17,20H,1,3-4H2. The first kappa shape index (κ1) is 13.8. The van der Waals surface area contributed by atoms with Gasteiger partial charge >= 0.3 is 0 Å². The van der Waals surface area contributed by atoms with Crippen LogP contribution in [0, 0.1) is 5.82 Å². The van der Waals surface area contributed by atoms with Gasteiger partial charge in [-0.05, 0) is 63.5 Å². The molecule has 0 heterocycles. The molecule has 0 aromatic heterocycles. The van der Waals surface area contributed by atoms with E-state index in [0.717, 1.165) is 5.56 Å². The maximum atomic E-state index is 13.3. The Bertz CT molecular complexity index is 622.